The summed E-state index contributed by atoms with van der Waals surface area (Å²) in [6.45, 7) is 1.63. The molecule has 0 spiro atoms. The summed E-state index contributed by atoms with van der Waals surface area (Å²) in [5, 5.41) is 8.08. The zero-order valence-electron chi connectivity index (χ0n) is 15.1. The van der Waals surface area contributed by atoms with Crippen molar-refractivity contribution in [3.63, 3.8) is 0 Å². The lowest BCUT2D eigenvalue weighted by molar-refractivity contribution is -0.119. The summed E-state index contributed by atoms with van der Waals surface area (Å²) in [6, 6.07) is 15.3. The predicted molar refractivity (Wildman–Crippen MR) is 107 cm³/mol. The van der Waals surface area contributed by atoms with Crippen LogP contribution in [0.2, 0.25) is 0 Å². The number of rotatable bonds is 4. The molecule has 3 heterocycles. The Balaban J connectivity index is 1.60. The molecule has 1 aromatic carbocycles. The molecule has 0 bridgehead atoms. The van der Waals surface area contributed by atoms with Gasteiger partial charge in [-0.2, -0.15) is 5.10 Å². The molecule has 7 nitrogen and oxygen atoms in total. The van der Waals surface area contributed by atoms with Crippen molar-refractivity contribution < 1.29 is 4.79 Å². The molecule has 4 aromatic rings. The van der Waals surface area contributed by atoms with Gasteiger partial charge in [0.25, 0.3) is 5.56 Å². The largest absolute Gasteiger partial charge is 0.323 e. The molecular weight excluding hydrogens is 354 g/mol. The van der Waals surface area contributed by atoms with Gasteiger partial charge in [0, 0.05) is 29.4 Å². The van der Waals surface area contributed by atoms with Crippen LogP contribution >= 0.6 is 0 Å². The molecule has 0 radical (unpaired) electrons. The van der Waals surface area contributed by atoms with E-state index in [0.717, 1.165) is 16.5 Å². The van der Waals surface area contributed by atoms with Crippen molar-refractivity contribution in [3.8, 4) is 11.3 Å². The fourth-order valence-electron chi connectivity index (χ4n) is 2.88. The molecule has 1 amide bonds. The first-order valence-corrected chi connectivity index (χ1v) is 8.78. The quantitative estimate of drug-likeness (QED) is 0.595. The van der Waals surface area contributed by atoms with Crippen LogP contribution in [0, 0.1) is 0 Å². The highest BCUT2D eigenvalue weighted by molar-refractivity contribution is 5.95. The smallest absolute Gasteiger partial charge is 0.267 e. The highest BCUT2D eigenvalue weighted by Crippen LogP contribution is 2.18. The Morgan fingerprint density at radius 1 is 1.07 bits per heavy atom. The van der Waals surface area contributed by atoms with Gasteiger partial charge in [0.2, 0.25) is 5.91 Å². The zero-order chi connectivity index (χ0) is 19.5. The maximum absolute atomic E-state index is 12.7. The fraction of sp³-hybridized carbons (Fsp3) is 0.0952. The Labute approximate surface area is 160 Å². The van der Waals surface area contributed by atoms with E-state index in [0.29, 0.717) is 11.4 Å². The average Bonchev–Trinajstić information content (AvgIpc) is 2.74. The van der Waals surface area contributed by atoms with Gasteiger partial charge in [-0.25, -0.2) is 4.68 Å². The topological polar surface area (TPSA) is 89.8 Å². The lowest BCUT2D eigenvalue weighted by Crippen LogP contribution is -2.33. The van der Waals surface area contributed by atoms with Crippen molar-refractivity contribution in [2.45, 2.75) is 13.0 Å². The van der Waals surface area contributed by atoms with Crippen molar-refractivity contribution >= 4 is 22.5 Å². The molecule has 28 heavy (non-hydrogen) atoms. The fourth-order valence-corrected chi connectivity index (χ4v) is 2.88. The molecule has 138 valence electrons. The zero-order valence-corrected chi connectivity index (χ0v) is 15.1. The number of aromatic nitrogens is 4. The maximum atomic E-state index is 12.7. The van der Waals surface area contributed by atoms with E-state index >= 15 is 0 Å². The molecule has 1 N–H and O–H groups in total. The van der Waals surface area contributed by atoms with Crippen molar-refractivity contribution in [3.05, 3.63) is 83.5 Å². The lowest BCUT2D eigenvalue weighted by atomic mass is 10.2. The molecule has 0 fully saturated rings. The maximum Gasteiger partial charge on any atom is 0.267 e. The minimum absolute atomic E-state index is 0.349. The molecule has 0 saturated heterocycles. The van der Waals surface area contributed by atoms with Gasteiger partial charge < -0.3 is 5.32 Å². The van der Waals surface area contributed by atoms with Crippen LogP contribution in [0.3, 0.4) is 0 Å². The molecule has 0 aliphatic rings. The number of benzene rings is 1. The van der Waals surface area contributed by atoms with Crippen LogP contribution in [0.1, 0.15) is 13.0 Å². The summed E-state index contributed by atoms with van der Waals surface area (Å²) in [5.74, 6) is -0.349. The van der Waals surface area contributed by atoms with Gasteiger partial charge in [-0.05, 0) is 37.3 Å². The minimum atomic E-state index is -0.791. The first-order valence-electron chi connectivity index (χ1n) is 8.78. The Bertz CT molecular complexity index is 1200. The Morgan fingerprint density at radius 2 is 1.86 bits per heavy atom. The molecule has 7 heteroatoms. The van der Waals surface area contributed by atoms with Gasteiger partial charge in [-0.1, -0.05) is 18.2 Å². The van der Waals surface area contributed by atoms with Crippen LogP contribution in [0.4, 0.5) is 5.69 Å². The number of fused-ring (bicyclic) bond motifs is 1. The standard InChI is InChI=1S/C21H17N5O2/c1-14(21(28)24-17-12-16-4-2-3-5-18(16)23-13-17)26-20(27)7-6-19(25-26)15-8-10-22-11-9-15/h2-14H,1H3,(H,24,28). The van der Waals surface area contributed by atoms with Gasteiger partial charge >= 0.3 is 0 Å². The Kier molecular flexibility index (Phi) is 4.63. The normalized spacial score (nSPS) is 11.9. The van der Waals surface area contributed by atoms with E-state index in [1.54, 1.807) is 43.7 Å². The van der Waals surface area contributed by atoms with E-state index in [9.17, 15) is 9.59 Å². The van der Waals surface area contributed by atoms with E-state index < -0.39 is 6.04 Å². The number of carbonyl (C=O) groups excluding carboxylic acids is 1. The summed E-state index contributed by atoms with van der Waals surface area (Å²) >= 11 is 0. The summed E-state index contributed by atoms with van der Waals surface area (Å²) in [4.78, 5) is 33.3. The third kappa shape index (κ3) is 3.50. The van der Waals surface area contributed by atoms with Gasteiger partial charge in [0.1, 0.15) is 6.04 Å². The summed E-state index contributed by atoms with van der Waals surface area (Å²) in [7, 11) is 0. The molecule has 3 aromatic heterocycles. The van der Waals surface area contributed by atoms with E-state index in [1.165, 1.54) is 10.7 Å². The third-order valence-electron chi connectivity index (χ3n) is 4.41. The molecule has 0 saturated carbocycles. The van der Waals surface area contributed by atoms with Crippen LogP contribution in [-0.4, -0.2) is 25.7 Å². The molecule has 0 aliphatic carbocycles. The van der Waals surface area contributed by atoms with E-state index in [-0.39, 0.29) is 11.5 Å². The second-order valence-corrected chi connectivity index (χ2v) is 6.32. The second kappa shape index (κ2) is 7.40. The number of pyridine rings is 2. The monoisotopic (exact) mass is 371 g/mol. The van der Waals surface area contributed by atoms with Crippen molar-refractivity contribution in [2.24, 2.45) is 0 Å². The first kappa shape index (κ1) is 17.5. The number of para-hydroxylation sites is 1. The molecule has 1 atom stereocenters. The Hall–Kier alpha value is -3.87. The average molecular weight is 371 g/mol. The van der Waals surface area contributed by atoms with Gasteiger partial charge in [0.15, 0.2) is 0 Å². The Morgan fingerprint density at radius 3 is 2.68 bits per heavy atom. The number of amides is 1. The number of carbonyl (C=O) groups is 1. The summed E-state index contributed by atoms with van der Waals surface area (Å²) in [6.07, 6.45) is 4.89. The number of nitrogens with one attached hydrogen (secondary N) is 1. The highest BCUT2D eigenvalue weighted by atomic mass is 16.2. The van der Waals surface area contributed by atoms with Crippen LogP contribution in [0.25, 0.3) is 22.2 Å². The summed E-state index contributed by atoms with van der Waals surface area (Å²) in [5.41, 5.74) is 2.46. The van der Waals surface area contributed by atoms with E-state index in [1.807, 2.05) is 30.3 Å². The SMILES string of the molecule is CC(C(=O)Nc1cnc2ccccc2c1)n1nc(-c2ccncc2)ccc1=O. The van der Waals surface area contributed by atoms with Gasteiger partial charge in [-0.3, -0.25) is 19.6 Å². The van der Waals surface area contributed by atoms with Crippen molar-refractivity contribution in [1.82, 2.24) is 19.7 Å². The first-order chi connectivity index (χ1) is 13.6. The van der Waals surface area contributed by atoms with Gasteiger partial charge in [-0.15, -0.1) is 0 Å². The lowest BCUT2D eigenvalue weighted by Gasteiger charge is -2.15. The van der Waals surface area contributed by atoms with Crippen molar-refractivity contribution in [1.29, 1.82) is 0 Å². The minimum Gasteiger partial charge on any atom is -0.323 e. The predicted octanol–water partition coefficient (Wildman–Crippen LogP) is 3.05. The summed E-state index contributed by atoms with van der Waals surface area (Å²) < 4.78 is 1.18. The number of hydrogen-bond donors (Lipinski definition) is 1. The van der Waals surface area contributed by atoms with E-state index in [4.69, 9.17) is 0 Å². The number of anilines is 1. The molecule has 0 aliphatic heterocycles. The highest BCUT2D eigenvalue weighted by Gasteiger charge is 2.18. The van der Waals surface area contributed by atoms with E-state index in [2.05, 4.69) is 20.4 Å². The number of hydrogen-bond acceptors (Lipinski definition) is 5. The van der Waals surface area contributed by atoms with Crippen LogP contribution < -0.4 is 10.9 Å². The molecule has 4 rings (SSSR count). The van der Waals surface area contributed by atoms with Crippen molar-refractivity contribution in [2.75, 3.05) is 5.32 Å². The molecular formula is C21H17N5O2. The second-order valence-electron chi connectivity index (χ2n) is 6.32. The van der Waals surface area contributed by atoms with Crippen LogP contribution in [0.15, 0.2) is 78.0 Å². The van der Waals surface area contributed by atoms with Crippen LogP contribution in [0.5, 0.6) is 0 Å². The molecule has 1 unspecified atom stereocenters. The third-order valence-corrected chi connectivity index (χ3v) is 4.41. The number of nitrogens with zero attached hydrogens (tertiary/aromatic N) is 4. The van der Waals surface area contributed by atoms with Gasteiger partial charge in [0.05, 0.1) is 23.1 Å². The van der Waals surface area contributed by atoms with Crippen LogP contribution in [-0.2, 0) is 4.79 Å².